The van der Waals surface area contributed by atoms with E-state index >= 15 is 0 Å². The van der Waals surface area contributed by atoms with Gasteiger partial charge in [0.05, 0.1) is 22.0 Å². The molecule has 2 aliphatic rings. The molecule has 1 fully saturated rings. The Morgan fingerprint density at radius 2 is 1.96 bits per heavy atom. The maximum atomic E-state index is 13.4. The minimum absolute atomic E-state index is 0.174. The molecule has 0 radical (unpaired) electrons. The normalized spacial score (nSPS) is 21.1. The van der Waals surface area contributed by atoms with Gasteiger partial charge in [0.15, 0.2) is 0 Å². The van der Waals surface area contributed by atoms with Crippen LogP contribution in [0.1, 0.15) is 23.2 Å². The Kier molecular flexibility index (Phi) is 4.24. The summed E-state index contributed by atoms with van der Waals surface area (Å²) in [5.41, 5.74) is -0.141. The molecule has 4 rings (SSSR count). The molecule has 138 valence electrons. The van der Waals surface area contributed by atoms with Crippen molar-refractivity contribution in [1.29, 1.82) is 0 Å². The van der Waals surface area contributed by atoms with Gasteiger partial charge in [0, 0.05) is 24.4 Å². The van der Waals surface area contributed by atoms with E-state index in [1.165, 1.54) is 9.80 Å². The van der Waals surface area contributed by atoms with Crippen molar-refractivity contribution < 1.29 is 14.4 Å². The number of anilines is 2. The molecular weight excluding hydrogens is 434 g/mol. The van der Waals surface area contributed by atoms with Crippen LogP contribution in [-0.2, 0) is 9.59 Å². The van der Waals surface area contributed by atoms with Crippen LogP contribution in [0.4, 0.5) is 11.4 Å². The third-order valence-corrected chi connectivity index (χ3v) is 5.89. The van der Waals surface area contributed by atoms with Gasteiger partial charge in [-0.25, -0.2) is 0 Å². The smallest absolute Gasteiger partial charge is 0.271 e. The van der Waals surface area contributed by atoms with E-state index in [0.29, 0.717) is 22.0 Å². The fourth-order valence-electron chi connectivity index (χ4n) is 3.74. The van der Waals surface area contributed by atoms with E-state index in [1.807, 2.05) is 0 Å². The number of rotatable bonds is 2. The second-order valence-electron chi connectivity index (χ2n) is 6.51. The van der Waals surface area contributed by atoms with Gasteiger partial charge in [0.25, 0.3) is 11.8 Å². The van der Waals surface area contributed by atoms with Crippen LogP contribution in [-0.4, -0.2) is 35.3 Å². The molecule has 3 amide bonds. The summed E-state index contributed by atoms with van der Waals surface area (Å²) in [5.74, 6) is -0.963. The van der Waals surface area contributed by atoms with Crippen molar-refractivity contribution in [3.63, 3.8) is 0 Å². The Bertz CT molecular complexity index is 996. The van der Waals surface area contributed by atoms with Gasteiger partial charge in [-0.3, -0.25) is 19.3 Å². The van der Waals surface area contributed by atoms with Crippen molar-refractivity contribution >= 4 is 56.6 Å². The molecule has 2 heterocycles. The number of carbonyl (C=O) groups excluding carboxylic acids is 3. The van der Waals surface area contributed by atoms with Gasteiger partial charge in [-0.15, -0.1) is 0 Å². The molecule has 0 bridgehead atoms. The maximum absolute atomic E-state index is 13.4. The van der Waals surface area contributed by atoms with Crippen LogP contribution in [0.15, 0.2) is 46.9 Å². The van der Waals surface area contributed by atoms with E-state index in [-0.39, 0.29) is 24.7 Å². The van der Waals surface area contributed by atoms with Crippen molar-refractivity contribution in [2.45, 2.75) is 18.5 Å². The molecule has 27 heavy (non-hydrogen) atoms. The Hall–Kier alpha value is -2.38. The summed E-state index contributed by atoms with van der Waals surface area (Å²) in [6, 6.07) is 11.9. The lowest BCUT2D eigenvalue weighted by Gasteiger charge is -2.47. The number of likely N-dealkylation sites (N-methyl/N-ethyl adjacent to an activating group) is 1. The standard InChI is InChI=1S/C19H15BrClN3O3/c1-23-17(26)12-4-2-3-5-15(12)24-16(25)8-9-19(23,24)18(27)22-14-7-6-11(20)10-13(14)21/h2-7,10H,8-9H2,1H3,(H,22,27). The maximum Gasteiger partial charge on any atom is 0.271 e. The van der Waals surface area contributed by atoms with Crippen LogP contribution in [0, 0.1) is 0 Å². The van der Waals surface area contributed by atoms with Crippen molar-refractivity contribution in [2.24, 2.45) is 0 Å². The van der Waals surface area contributed by atoms with Crippen molar-refractivity contribution in [2.75, 3.05) is 17.3 Å². The predicted molar refractivity (Wildman–Crippen MR) is 106 cm³/mol. The quantitative estimate of drug-likeness (QED) is 0.762. The lowest BCUT2D eigenvalue weighted by atomic mass is 9.96. The van der Waals surface area contributed by atoms with Crippen LogP contribution in [0.5, 0.6) is 0 Å². The zero-order valence-corrected chi connectivity index (χ0v) is 16.7. The van der Waals surface area contributed by atoms with Gasteiger partial charge in [-0.1, -0.05) is 39.7 Å². The fourth-order valence-corrected chi connectivity index (χ4v) is 4.46. The van der Waals surface area contributed by atoms with Gasteiger partial charge < -0.3 is 10.2 Å². The Morgan fingerprint density at radius 1 is 1.22 bits per heavy atom. The molecule has 0 spiro atoms. The summed E-state index contributed by atoms with van der Waals surface area (Å²) in [6.45, 7) is 0. The first-order valence-corrected chi connectivity index (χ1v) is 9.50. The van der Waals surface area contributed by atoms with Gasteiger partial charge in [0.2, 0.25) is 11.6 Å². The van der Waals surface area contributed by atoms with E-state index in [4.69, 9.17) is 11.6 Å². The first-order chi connectivity index (χ1) is 12.9. The molecular formula is C19H15BrClN3O3. The lowest BCUT2D eigenvalue weighted by molar-refractivity contribution is -0.128. The highest BCUT2D eigenvalue weighted by molar-refractivity contribution is 9.10. The molecule has 0 aromatic heterocycles. The minimum atomic E-state index is -1.42. The third-order valence-electron chi connectivity index (χ3n) is 5.08. The highest BCUT2D eigenvalue weighted by atomic mass is 79.9. The van der Waals surface area contributed by atoms with E-state index in [2.05, 4.69) is 21.2 Å². The van der Waals surface area contributed by atoms with Crippen molar-refractivity contribution in [3.8, 4) is 0 Å². The first kappa shape index (κ1) is 18.0. The summed E-state index contributed by atoms with van der Waals surface area (Å²) in [4.78, 5) is 41.7. The number of hydrogen-bond donors (Lipinski definition) is 1. The largest absolute Gasteiger partial charge is 0.321 e. The van der Waals surface area contributed by atoms with Crippen LogP contribution < -0.4 is 10.2 Å². The van der Waals surface area contributed by atoms with Gasteiger partial charge in [-0.2, -0.15) is 0 Å². The third kappa shape index (κ3) is 2.56. The monoisotopic (exact) mass is 447 g/mol. The lowest BCUT2D eigenvalue weighted by Crippen LogP contribution is -2.68. The molecule has 8 heteroatoms. The summed E-state index contributed by atoms with van der Waals surface area (Å²) in [7, 11) is 1.55. The van der Waals surface area contributed by atoms with Gasteiger partial charge in [0.1, 0.15) is 0 Å². The second kappa shape index (κ2) is 6.35. The summed E-state index contributed by atoms with van der Waals surface area (Å²) >= 11 is 9.55. The van der Waals surface area contributed by atoms with Crippen LogP contribution in [0.25, 0.3) is 0 Å². The molecule has 2 aliphatic heterocycles. The topological polar surface area (TPSA) is 69.7 Å². The van der Waals surface area contributed by atoms with Crippen molar-refractivity contribution in [3.05, 3.63) is 57.5 Å². The molecule has 1 unspecified atom stereocenters. The second-order valence-corrected chi connectivity index (χ2v) is 7.83. The summed E-state index contributed by atoms with van der Waals surface area (Å²) in [5, 5.41) is 3.15. The predicted octanol–water partition coefficient (Wildman–Crippen LogP) is 3.65. The minimum Gasteiger partial charge on any atom is -0.321 e. The number of carbonyl (C=O) groups is 3. The van der Waals surface area contributed by atoms with E-state index in [0.717, 1.165) is 4.47 Å². The zero-order valence-electron chi connectivity index (χ0n) is 14.3. The molecule has 1 N–H and O–H groups in total. The number of nitrogens with one attached hydrogen (secondary N) is 1. The van der Waals surface area contributed by atoms with Crippen molar-refractivity contribution in [1.82, 2.24) is 4.90 Å². The Balaban J connectivity index is 1.81. The number of amides is 3. The SMILES string of the molecule is CN1C(=O)c2ccccc2N2C(=O)CCC12C(=O)Nc1ccc(Br)cc1Cl. The summed E-state index contributed by atoms with van der Waals surface area (Å²) in [6.07, 6.45) is 0.385. The van der Waals surface area contributed by atoms with E-state index < -0.39 is 11.6 Å². The highest BCUT2D eigenvalue weighted by Gasteiger charge is 2.59. The average molecular weight is 449 g/mol. The number of halogens is 2. The van der Waals surface area contributed by atoms with Gasteiger partial charge >= 0.3 is 0 Å². The number of benzene rings is 2. The number of fused-ring (bicyclic) bond motifs is 3. The van der Waals surface area contributed by atoms with Gasteiger partial charge in [-0.05, 0) is 30.3 Å². The molecule has 1 saturated heterocycles. The number of para-hydroxylation sites is 1. The molecule has 2 aromatic carbocycles. The first-order valence-electron chi connectivity index (χ1n) is 8.33. The molecule has 1 atom stereocenters. The highest BCUT2D eigenvalue weighted by Crippen LogP contribution is 2.44. The number of nitrogens with zero attached hydrogens (tertiary/aromatic N) is 2. The van der Waals surface area contributed by atoms with E-state index in [1.54, 1.807) is 49.5 Å². The molecule has 0 saturated carbocycles. The fraction of sp³-hybridized carbons (Fsp3) is 0.211. The summed E-state index contributed by atoms with van der Waals surface area (Å²) < 4.78 is 0.778. The molecule has 6 nitrogen and oxygen atoms in total. The Morgan fingerprint density at radius 3 is 2.70 bits per heavy atom. The van der Waals surface area contributed by atoms with Crippen LogP contribution in [0.2, 0.25) is 5.02 Å². The Labute approximate surface area is 169 Å². The van der Waals surface area contributed by atoms with Crippen LogP contribution in [0.3, 0.4) is 0 Å². The van der Waals surface area contributed by atoms with E-state index in [9.17, 15) is 14.4 Å². The zero-order chi connectivity index (χ0) is 19.3. The average Bonchev–Trinajstić information content (AvgIpc) is 3.01. The molecule has 2 aromatic rings. The molecule has 0 aliphatic carbocycles. The number of hydrogen-bond acceptors (Lipinski definition) is 3. The van der Waals surface area contributed by atoms with Crippen LogP contribution >= 0.6 is 27.5 Å².